The summed E-state index contributed by atoms with van der Waals surface area (Å²) in [5.74, 6) is 1.06. The van der Waals surface area contributed by atoms with Crippen LogP contribution in [-0.2, 0) is 6.42 Å². The molecule has 3 N–H and O–H groups in total. The van der Waals surface area contributed by atoms with Crippen molar-refractivity contribution >= 4 is 11.5 Å². The largest absolute Gasteiger partial charge is 0.367 e. The van der Waals surface area contributed by atoms with Gasteiger partial charge in [-0.2, -0.15) is 9.61 Å². The highest BCUT2D eigenvalue weighted by atomic mass is 15.3. The number of rotatable bonds is 4. The average Bonchev–Trinajstić information content (AvgIpc) is 2.86. The second kappa shape index (κ2) is 4.70. The Labute approximate surface area is 124 Å². The fourth-order valence-corrected chi connectivity index (χ4v) is 3.34. The summed E-state index contributed by atoms with van der Waals surface area (Å²) in [5.41, 5.74) is 8.59. The highest BCUT2D eigenvalue weighted by Crippen LogP contribution is 2.47. The van der Waals surface area contributed by atoms with Gasteiger partial charge in [-0.05, 0) is 43.9 Å². The third-order valence-corrected chi connectivity index (χ3v) is 4.95. The van der Waals surface area contributed by atoms with E-state index in [2.05, 4.69) is 23.4 Å². The zero-order valence-corrected chi connectivity index (χ0v) is 12.5. The molecule has 2 atom stereocenters. The maximum Gasteiger partial charge on any atom is 0.157 e. The van der Waals surface area contributed by atoms with Crippen LogP contribution in [0.5, 0.6) is 0 Å². The molecule has 0 bridgehead atoms. The van der Waals surface area contributed by atoms with Gasteiger partial charge in [0.2, 0.25) is 0 Å². The lowest BCUT2D eigenvalue weighted by atomic mass is 10.0. The summed E-state index contributed by atoms with van der Waals surface area (Å²) in [6.45, 7) is 2.35. The lowest BCUT2D eigenvalue weighted by Crippen LogP contribution is -2.22. The molecule has 2 saturated carbocycles. The van der Waals surface area contributed by atoms with Crippen molar-refractivity contribution in [3.05, 3.63) is 24.0 Å². The number of nitrogens with two attached hydrogens (primary N) is 1. The Bertz CT molecular complexity index is 658. The monoisotopic (exact) mass is 285 g/mol. The molecule has 0 unspecified atom stereocenters. The highest BCUT2D eigenvalue weighted by Gasteiger charge is 2.37. The SMILES string of the molecule is CC1(Cc2cc(N[C@H]3CC[C@H](N)C3)n3nccc3n2)CC1. The van der Waals surface area contributed by atoms with Crippen molar-refractivity contribution in [2.45, 2.75) is 57.5 Å². The molecule has 4 rings (SSSR count). The van der Waals surface area contributed by atoms with Gasteiger partial charge in [-0.25, -0.2) is 4.98 Å². The number of hydrogen-bond donors (Lipinski definition) is 2. The van der Waals surface area contributed by atoms with Crippen LogP contribution < -0.4 is 11.1 Å². The normalized spacial score (nSPS) is 27.1. The molecule has 0 saturated heterocycles. The highest BCUT2D eigenvalue weighted by molar-refractivity contribution is 5.50. The molecular formula is C16H23N5. The van der Waals surface area contributed by atoms with Crippen LogP contribution in [0.15, 0.2) is 18.3 Å². The molecule has 5 nitrogen and oxygen atoms in total. The summed E-state index contributed by atoms with van der Waals surface area (Å²) < 4.78 is 1.91. The number of nitrogens with zero attached hydrogens (tertiary/aromatic N) is 3. The van der Waals surface area contributed by atoms with Gasteiger partial charge in [-0.1, -0.05) is 6.92 Å². The van der Waals surface area contributed by atoms with Crippen molar-refractivity contribution in [3.8, 4) is 0 Å². The maximum absolute atomic E-state index is 6.02. The van der Waals surface area contributed by atoms with Crippen LogP contribution in [0.1, 0.15) is 44.7 Å². The molecule has 5 heteroatoms. The van der Waals surface area contributed by atoms with Crippen molar-refractivity contribution in [2.75, 3.05) is 5.32 Å². The third kappa shape index (κ3) is 2.62. The van der Waals surface area contributed by atoms with E-state index < -0.39 is 0 Å². The Morgan fingerprint density at radius 1 is 1.43 bits per heavy atom. The molecule has 0 aromatic carbocycles. The van der Waals surface area contributed by atoms with Gasteiger partial charge in [0.15, 0.2) is 5.65 Å². The second-order valence-electron chi connectivity index (χ2n) is 7.14. The Morgan fingerprint density at radius 2 is 2.29 bits per heavy atom. The molecule has 0 amide bonds. The number of hydrogen-bond acceptors (Lipinski definition) is 4. The minimum absolute atomic E-state index is 0.335. The van der Waals surface area contributed by atoms with E-state index in [-0.39, 0.29) is 0 Å². The molecule has 0 aliphatic heterocycles. The van der Waals surface area contributed by atoms with E-state index in [1.807, 2.05) is 16.8 Å². The van der Waals surface area contributed by atoms with Crippen LogP contribution in [0, 0.1) is 5.41 Å². The predicted molar refractivity (Wildman–Crippen MR) is 83.3 cm³/mol. The Kier molecular flexibility index (Phi) is 2.92. The fourth-order valence-electron chi connectivity index (χ4n) is 3.34. The van der Waals surface area contributed by atoms with Gasteiger partial charge < -0.3 is 11.1 Å². The summed E-state index contributed by atoms with van der Waals surface area (Å²) in [4.78, 5) is 4.75. The molecular weight excluding hydrogens is 262 g/mol. The van der Waals surface area contributed by atoms with Crippen LogP contribution in [0.3, 0.4) is 0 Å². The minimum atomic E-state index is 0.335. The molecule has 2 aromatic heterocycles. The number of fused-ring (bicyclic) bond motifs is 1. The number of aromatic nitrogens is 3. The lowest BCUT2D eigenvalue weighted by molar-refractivity contribution is 0.561. The summed E-state index contributed by atoms with van der Waals surface area (Å²) >= 11 is 0. The first-order valence-electron chi connectivity index (χ1n) is 7.97. The van der Waals surface area contributed by atoms with Crippen LogP contribution in [0.2, 0.25) is 0 Å². The smallest absolute Gasteiger partial charge is 0.157 e. The molecule has 2 aromatic rings. The first kappa shape index (κ1) is 13.1. The van der Waals surface area contributed by atoms with Gasteiger partial charge in [0, 0.05) is 29.9 Å². The zero-order valence-electron chi connectivity index (χ0n) is 12.5. The molecule has 2 fully saturated rings. The molecule has 21 heavy (non-hydrogen) atoms. The third-order valence-electron chi connectivity index (χ3n) is 4.95. The maximum atomic E-state index is 6.02. The van der Waals surface area contributed by atoms with Crippen molar-refractivity contribution in [1.82, 2.24) is 14.6 Å². The van der Waals surface area contributed by atoms with Gasteiger partial charge >= 0.3 is 0 Å². The van der Waals surface area contributed by atoms with Gasteiger partial charge in [0.05, 0.1) is 6.20 Å². The predicted octanol–water partition coefficient (Wildman–Crippen LogP) is 2.36. The topological polar surface area (TPSA) is 68.2 Å². The van der Waals surface area contributed by atoms with E-state index in [0.717, 1.165) is 37.1 Å². The van der Waals surface area contributed by atoms with Crippen molar-refractivity contribution in [1.29, 1.82) is 0 Å². The van der Waals surface area contributed by atoms with Gasteiger partial charge in [-0.15, -0.1) is 0 Å². The van der Waals surface area contributed by atoms with E-state index in [0.29, 0.717) is 17.5 Å². The lowest BCUT2D eigenvalue weighted by Gasteiger charge is -2.16. The van der Waals surface area contributed by atoms with E-state index in [4.69, 9.17) is 10.7 Å². The van der Waals surface area contributed by atoms with E-state index in [1.165, 1.54) is 18.5 Å². The van der Waals surface area contributed by atoms with Crippen molar-refractivity contribution in [3.63, 3.8) is 0 Å². The number of anilines is 1. The Morgan fingerprint density at radius 3 is 3.00 bits per heavy atom. The number of nitrogens with one attached hydrogen (secondary N) is 1. The Hall–Kier alpha value is -1.62. The average molecular weight is 285 g/mol. The first-order valence-corrected chi connectivity index (χ1v) is 7.97. The zero-order chi connectivity index (χ0) is 14.4. The first-order chi connectivity index (χ1) is 10.1. The molecule has 0 radical (unpaired) electrons. The summed E-state index contributed by atoms with van der Waals surface area (Å²) in [7, 11) is 0. The Balaban J connectivity index is 1.63. The van der Waals surface area contributed by atoms with E-state index >= 15 is 0 Å². The van der Waals surface area contributed by atoms with Crippen LogP contribution >= 0.6 is 0 Å². The van der Waals surface area contributed by atoms with Crippen molar-refractivity contribution in [2.24, 2.45) is 11.1 Å². The standard InChI is InChI=1S/C16H23N5/c1-16(5-6-16)10-13-9-15(19-12-3-2-11(17)8-12)21-14(20-13)4-7-18-21/h4,7,9,11-12,19H,2-3,5-6,8,10,17H2,1H3/t11-,12-/m0/s1. The summed E-state index contributed by atoms with van der Waals surface area (Å²) in [5, 5.41) is 8.02. The molecule has 2 heterocycles. The van der Waals surface area contributed by atoms with Crippen LogP contribution in [0.4, 0.5) is 5.82 Å². The minimum Gasteiger partial charge on any atom is -0.367 e. The quantitative estimate of drug-likeness (QED) is 0.905. The summed E-state index contributed by atoms with van der Waals surface area (Å²) in [6.07, 6.45) is 8.80. The van der Waals surface area contributed by atoms with E-state index in [1.54, 1.807) is 0 Å². The van der Waals surface area contributed by atoms with Crippen molar-refractivity contribution < 1.29 is 0 Å². The molecule has 2 aliphatic rings. The fraction of sp³-hybridized carbons (Fsp3) is 0.625. The van der Waals surface area contributed by atoms with Gasteiger partial charge in [0.25, 0.3) is 0 Å². The van der Waals surface area contributed by atoms with Gasteiger partial charge in [-0.3, -0.25) is 0 Å². The summed E-state index contributed by atoms with van der Waals surface area (Å²) in [6, 6.07) is 4.94. The van der Waals surface area contributed by atoms with Crippen LogP contribution in [0.25, 0.3) is 5.65 Å². The van der Waals surface area contributed by atoms with Gasteiger partial charge in [0.1, 0.15) is 5.82 Å². The van der Waals surface area contributed by atoms with Crippen LogP contribution in [-0.4, -0.2) is 26.7 Å². The second-order valence-corrected chi connectivity index (χ2v) is 7.14. The van der Waals surface area contributed by atoms with E-state index in [9.17, 15) is 0 Å². The molecule has 2 aliphatic carbocycles. The molecule has 0 spiro atoms. The molecule has 112 valence electrons.